The monoisotopic (exact) mass is 842 g/mol. The number of hydrogen-bond acceptors (Lipinski definition) is 5. The Morgan fingerprint density at radius 1 is 0.410 bits per heavy atom. The van der Waals surface area contributed by atoms with Gasteiger partial charge in [-0.25, -0.2) is 0 Å². The predicted octanol–water partition coefficient (Wildman–Crippen LogP) is 6.21. The zero-order valence-corrected chi connectivity index (χ0v) is 38.7. The molecule has 4 rings (SSSR count). The maximum atomic E-state index is 11.1. The van der Waals surface area contributed by atoms with Crippen molar-refractivity contribution in [1.29, 1.82) is 0 Å². The second kappa shape index (κ2) is 25.0. The third kappa shape index (κ3) is 18.0. The average molecular weight is 842 g/mol. The molecule has 9 heteroatoms. The molecule has 0 aliphatic heterocycles. The first-order valence-electron chi connectivity index (χ1n) is 23.1. The number of aliphatic hydroxyl groups is 4. The molecule has 0 spiro atoms. The summed E-state index contributed by atoms with van der Waals surface area (Å²) in [5.41, 5.74) is 5.14. The van der Waals surface area contributed by atoms with Gasteiger partial charge in [-0.2, -0.15) is 0 Å². The van der Waals surface area contributed by atoms with Crippen molar-refractivity contribution in [3.05, 3.63) is 144 Å². The van der Waals surface area contributed by atoms with Gasteiger partial charge in [0.05, 0.1) is 26.2 Å². The minimum Gasteiger partial charge on any atom is -0.392 e. The van der Waals surface area contributed by atoms with Crippen LogP contribution in [0.1, 0.15) is 63.3 Å². The fourth-order valence-corrected chi connectivity index (χ4v) is 9.94. The zero-order chi connectivity index (χ0) is 44.2. The van der Waals surface area contributed by atoms with Crippen LogP contribution in [0.25, 0.3) is 0 Å². The number of nitrogens with zero attached hydrogens (tertiary/aromatic N) is 4. The quantitative estimate of drug-likeness (QED) is 0.0319. The molecule has 0 saturated heterocycles. The molecule has 0 bridgehead atoms. The van der Waals surface area contributed by atoms with E-state index >= 15 is 0 Å². The Labute approximate surface area is 369 Å². The van der Waals surface area contributed by atoms with E-state index in [4.69, 9.17) is 0 Å². The Morgan fingerprint density at radius 3 is 1.13 bits per heavy atom. The van der Waals surface area contributed by atoms with E-state index in [1.807, 2.05) is 27.7 Å². The van der Waals surface area contributed by atoms with Crippen molar-refractivity contribution in [1.82, 2.24) is 5.32 Å². The Hall–Kier alpha value is -3.48. The number of aliphatic hydroxyl groups excluding tert-OH is 4. The highest BCUT2D eigenvalue weighted by atomic mass is 16.3. The zero-order valence-electron chi connectivity index (χ0n) is 38.7. The van der Waals surface area contributed by atoms with Gasteiger partial charge in [0.2, 0.25) is 0 Å². The van der Waals surface area contributed by atoms with E-state index in [0.29, 0.717) is 30.7 Å². The fourth-order valence-electron chi connectivity index (χ4n) is 9.94. The van der Waals surface area contributed by atoms with Gasteiger partial charge in [0.1, 0.15) is 103 Å². The third-order valence-corrected chi connectivity index (χ3v) is 12.6. The summed E-state index contributed by atoms with van der Waals surface area (Å²) in [6.07, 6.45) is -0.856. The van der Waals surface area contributed by atoms with Crippen LogP contribution < -0.4 is 5.32 Å². The number of rotatable bonds is 30. The molecular formula is C52H83N5O4+4. The topological polar surface area (TPSA) is 93.0 Å². The van der Waals surface area contributed by atoms with E-state index in [-0.39, 0.29) is 0 Å². The highest BCUT2D eigenvalue weighted by Gasteiger charge is 2.41. The molecule has 0 heterocycles. The Morgan fingerprint density at radius 2 is 0.754 bits per heavy atom. The number of hydrogen-bond donors (Lipinski definition) is 5. The molecule has 0 amide bonds. The highest BCUT2D eigenvalue weighted by Crippen LogP contribution is 2.26. The van der Waals surface area contributed by atoms with Crippen LogP contribution >= 0.6 is 0 Å². The molecule has 0 fully saturated rings. The van der Waals surface area contributed by atoms with Crippen molar-refractivity contribution in [2.45, 2.75) is 91.6 Å². The largest absolute Gasteiger partial charge is 0.392 e. The number of nitrogens with one attached hydrogen (secondary N) is 1. The lowest BCUT2D eigenvalue weighted by Gasteiger charge is -2.47. The van der Waals surface area contributed by atoms with Crippen molar-refractivity contribution in [3.63, 3.8) is 0 Å². The Kier molecular flexibility index (Phi) is 20.5. The summed E-state index contributed by atoms with van der Waals surface area (Å²) in [4.78, 5) is 0. The molecule has 9 nitrogen and oxygen atoms in total. The Bertz CT molecular complexity index is 1740. The lowest BCUT2D eigenvalue weighted by molar-refractivity contribution is -1.02. The standard InChI is InChI=1S/C52H83N5O4/c1-7-29-55(42-50-22-14-9-15-23-50,35-36-57(39-47(4)60,40-48(5)61)44-52-26-18-11-19-27-52)33-34-56(30-28-53-37-45(2)58,43-51-24-16-10-17-25-51)32-31-54(6,38-46(3)59)41-49-20-12-8-13-21-49/h8-27,45-48,53,58-61H,7,28-44H2,1-6H3/q+4. The second-order valence-electron chi connectivity index (χ2n) is 19.2. The molecule has 0 aliphatic rings. The van der Waals surface area contributed by atoms with Crippen LogP contribution in [0.3, 0.4) is 0 Å². The molecule has 0 aliphatic carbocycles. The normalized spacial score (nSPS) is 17.9. The number of likely N-dealkylation sites (N-methyl/N-ethyl adjacent to an activating group) is 1. The van der Waals surface area contributed by atoms with Crippen LogP contribution in [0.15, 0.2) is 121 Å². The van der Waals surface area contributed by atoms with Gasteiger partial charge in [0.25, 0.3) is 0 Å². The van der Waals surface area contributed by atoms with Gasteiger partial charge in [-0.3, -0.25) is 0 Å². The molecule has 0 aromatic heterocycles. The highest BCUT2D eigenvalue weighted by molar-refractivity contribution is 5.16. The lowest BCUT2D eigenvalue weighted by atomic mass is 10.1. The lowest BCUT2D eigenvalue weighted by Crippen LogP contribution is -2.64. The van der Waals surface area contributed by atoms with Crippen molar-refractivity contribution in [2.75, 3.05) is 92.1 Å². The van der Waals surface area contributed by atoms with E-state index < -0.39 is 24.4 Å². The van der Waals surface area contributed by atoms with E-state index in [2.05, 4.69) is 141 Å². The minimum absolute atomic E-state index is 0.426. The number of quaternary nitrogens is 4. The predicted molar refractivity (Wildman–Crippen MR) is 251 cm³/mol. The van der Waals surface area contributed by atoms with Crippen molar-refractivity contribution in [2.24, 2.45) is 0 Å². The second-order valence-corrected chi connectivity index (χ2v) is 19.2. The first-order valence-corrected chi connectivity index (χ1v) is 23.1. The van der Waals surface area contributed by atoms with E-state index in [9.17, 15) is 20.4 Å². The van der Waals surface area contributed by atoms with Crippen LogP contribution in [-0.4, -0.2) is 155 Å². The van der Waals surface area contributed by atoms with Gasteiger partial charge in [0, 0.05) is 35.3 Å². The summed E-state index contributed by atoms with van der Waals surface area (Å²) in [7, 11) is 2.31. The first-order chi connectivity index (χ1) is 29.2. The fraction of sp³-hybridized carbons (Fsp3) is 0.538. The van der Waals surface area contributed by atoms with Gasteiger partial charge in [-0.05, 0) is 34.1 Å². The maximum absolute atomic E-state index is 11.1. The Balaban J connectivity index is 1.81. The smallest absolute Gasteiger partial charge is 0.129 e. The SMILES string of the molecule is CCC[N+](CC[N+](CCNCC(C)O)(CC[N+](C)(Cc1ccccc1)CC(C)O)Cc1ccccc1)(CC[N+](Cc1ccccc1)(CC(C)O)CC(C)O)Cc1ccccc1. The summed E-state index contributed by atoms with van der Waals surface area (Å²) >= 11 is 0. The summed E-state index contributed by atoms with van der Waals surface area (Å²) in [6.45, 7) is 23.7. The summed E-state index contributed by atoms with van der Waals surface area (Å²) in [5, 5.41) is 46.9. The molecule has 0 saturated carbocycles. The van der Waals surface area contributed by atoms with Gasteiger partial charge in [-0.15, -0.1) is 0 Å². The van der Waals surface area contributed by atoms with Crippen LogP contribution in [0.5, 0.6) is 0 Å². The molecule has 5 N–H and O–H groups in total. The summed E-state index contributed by atoms with van der Waals surface area (Å²) < 4.78 is 3.10. The van der Waals surface area contributed by atoms with Crippen LogP contribution in [0.2, 0.25) is 0 Å². The van der Waals surface area contributed by atoms with E-state index in [1.54, 1.807) is 0 Å². The molecule has 336 valence electrons. The summed E-state index contributed by atoms with van der Waals surface area (Å²) in [5.74, 6) is 0. The molecule has 7 unspecified atom stereocenters. The van der Waals surface area contributed by atoms with Gasteiger partial charge in [-0.1, -0.05) is 128 Å². The van der Waals surface area contributed by atoms with Gasteiger partial charge >= 0.3 is 0 Å². The first kappa shape index (κ1) is 50.2. The van der Waals surface area contributed by atoms with Crippen LogP contribution in [0, 0.1) is 0 Å². The average Bonchev–Trinajstić information content (AvgIpc) is 3.21. The minimum atomic E-state index is -0.515. The maximum Gasteiger partial charge on any atom is 0.129 e. The molecule has 4 aromatic carbocycles. The third-order valence-electron chi connectivity index (χ3n) is 12.6. The van der Waals surface area contributed by atoms with Gasteiger partial charge in [0.15, 0.2) is 0 Å². The van der Waals surface area contributed by atoms with Crippen molar-refractivity contribution in [3.8, 4) is 0 Å². The van der Waals surface area contributed by atoms with Crippen molar-refractivity contribution < 1.29 is 38.4 Å². The molecule has 4 aromatic rings. The summed E-state index contributed by atoms with van der Waals surface area (Å²) in [6, 6.07) is 43.2. The molecule has 7 atom stereocenters. The van der Waals surface area contributed by atoms with Crippen molar-refractivity contribution >= 4 is 0 Å². The number of benzene rings is 4. The van der Waals surface area contributed by atoms with Crippen LogP contribution in [0.4, 0.5) is 0 Å². The molecular weight excluding hydrogens is 759 g/mol. The van der Waals surface area contributed by atoms with Gasteiger partial charge < -0.3 is 43.7 Å². The van der Waals surface area contributed by atoms with Crippen LogP contribution in [-0.2, 0) is 26.2 Å². The van der Waals surface area contributed by atoms with E-state index in [1.165, 1.54) is 22.3 Å². The molecule has 61 heavy (non-hydrogen) atoms. The van der Waals surface area contributed by atoms with E-state index in [0.717, 1.165) is 105 Å². The molecule has 0 radical (unpaired) electrons.